The van der Waals surface area contributed by atoms with Crippen molar-refractivity contribution in [2.45, 2.75) is 44.2 Å². The number of morpholine rings is 1. The molecule has 1 aliphatic heterocycles. The number of ether oxygens (including phenoxy) is 1. The molecule has 1 saturated carbocycles. The van der Waals surface area contributed by atoms with E-state index < -0.39 is 0 Å². The molecule has 108 valence electrons. The van der Waals surface area contributed by atoms with Crippen molar-refractivity contribution in [3.05, 3.63) is 0 Å². The minimum absolute atomic E-state index is 0.107. The van der Waals surface area contributed by atoms with E-state index in [1.54, 1.807) is 0 Å². The maximum Gasteiger partial charge on any atom is 0.234 e. The monoisotopic (exact) mass is 285 g/mol. The van der Waals surface area contributed by atoms with Gasteiger partial charge in [0.05, 0.1) is 13.2 Å². The van der Waals surface area contributed by atoms with Crippen LogP contribution in [0.25, 0.3) is 0 Å². The lowest BCUT2D eigenvalue weighted by atomic mass is 9.95. The van der Waals surface area contributed by atoms with Gasteiger partial charge in [0, 0.05) is 19.1 Å². The van der Waals surface area contributed by atoms with Crippen LogP contribution < -0.4 is 11.1 Å². The highest BCUT2D eigenvalue weighted by Crippen LogP contribution is 2.17. The van der Waals surface area contributed by atoms with Crippen molar-refractivity contribution in [1.82, 2.24) is 10.2 Å². The molecule has 2 aliphatic rings. The minimum atomic E-state index is -0.216. The summed E-state index contributed by atoms with van der Waals surface area (Å²) in [7, 11) is 0. The highest BCUT2D eigenvalue weighted by molar-refractivity contribution is 7.80. The van der Waals surface area contributed by atoms with E-state index in [0.717, 1.165) is 19.4 Å². The Labute approximate surface area is 119 Å². The molecule has 0 bridgehead atoms. The second-order valence-electron chi connectivity index (χ2n) is 5.40. The second kappa shape index (κ2) is 7.17. The molecule has 6 heteroatoms. The quantitative estimate of drug-likeness (QED) is 0.733. The Morgan fingerprint density at radius 1 is 1.37 bits per heavy atom. The molecule has 0 aromatic carbocycles. The van der Waals surface area contributed by atoms with Gasteiger partial charge in [-0.05, 0) is 12.8 Å². The third-order valence-electron chi connectivity index (χ3n) is 3.81. The lowest BCUT2D eigenvalue weighted by Crippen LogP contribution is -2.51. The first-order valence-corrected chi connectivity index (χ1v) is 7.48. The molecule has 0 spiro atoms. The van der Waals surface area contributed by atoms with Gasteiger partial charge in [-0.2, -0.15) is 0 Å². The smallest absolute Gasteiger partial charge is 0.234 e. The van der Waals surface area contributed by atoms with Crippen LogP contribution in [0.3, 0.4) is 0 Å². The van der Waals surface area contributed by atoms with Crippen LogP contribution in [0.1, 0.15) is 32.1 Å². The van der Waals surface area contributed by atoms with Gasteiger partial charge in [-0.3, -0.25) is 9.69 Å². The third kappa shape index (κ3) is 4.71. The van der Waals surface area contributed by atoms with Gasteiger partial charge in [-0.25, -0.2) is 0 Å². The molecule has 0 radical (unpaired) electrons. The number of thiocarbonyl (C=S) groups is 1. The van der Waals surface area contributed by atoms with Gasteiger partial charge in [-0.15, -0.1) is 0 Å². The maximum absolute atomic E-state index is 12.0. The largest absolute Gasteiger partial charge is 0.391 e. The third-order valence-corrected chi connectivity index (χ3v) is 4.07. The molecule has 19 heavy (non-hydrogen) atoms. The summed E-state index contributed by atoms with van der Waals surface area (Å²) in [6, 6.07) is 0.369. The minimum Gasteiger partial charge on any atom is -0.391 e. The Balaban J connectivity index is 1.73. The van der Waals surface area contributed by atoms with E-state index in [9.17, 15) is 4.79 Å². The van der Waals surface area contributed by atoms with Crippen molar-refractivity contribution in [2.75, 3.05) is 26.2 Å². The Morgan fingerprint density at radius 3 is 2.79 bits per heavy atom. The Hall–Kier alpha value is -0.720. The van der Waals surface area contributed by atoms with Gasteiger partial charge in [-0.1, -0.05) is 31.5 Å². The number of nitrogens with two attached hydrogens (primary N) is 1. The van der Waals surface area contributed by atoms with E-state index in [1.165, 1.54) is 19.3 Å². The first-order valence-electron chi connectivity index (χ1n) is 7.08. The summed E-state index contributed by atoms with van der Waals surface area (Å²) in [6.07, 6.45) is 5.77. The fraction of sp³-hybridized carbons (Fsp3) is 0.846. The van der Waals surface area contributed by atoms with E-state index in [2.05, 4.69) is 10.2 Å². The van der Waals surface area contributed by atoms with Crippen LogP contribution in [0.2, 0.25) is 0 Å². The summed E-state index contributed by atoms with van der Waals surface area (Å²) >= 11 is 4.94. The van der Waals surface area contributed by atoms with Crippen LogP contribution in [-0.2, 0) is 9.53 Å². The molecule has 2 rings (SSSR count). The number of nitrogens with one attached hydrogen (secondary N) is 1. The normalized spacial score (nSPS) is 26.0. The zero-order chi connectivity index (χ0) is 13.7. The van der Waals surface area contributed by atoms with Crippen LogP contribution in [0.15, 0.2) is 0 Å². The van der Waals surface area contributed by atoms with Crippen LogP contribution in [-0.4, -0.2) is 54.2 Å². The fourth-order valence-corrected chi connectivity index (χ4v) is 2.88. The molecular weight excluding hydrogens is 262 g/mol. The van der Waals surface area contributed by atoms with Gasteiger partial charge in [0.1, 0.15) is 11.1 Å². The van der Waals surface area contributed by atoms with Crippen LogP contribution in [0, 0.1) is 0 Å². The molecule has 5 nitrogen and oxygen atoms in total. The summed E-state index contributed by atoms with van der Waals surface area (Å²) in [5, 5.41) is 3.12. The second-order valence-corrected chi connectivity index (χ2v) is 5.87. The maximum atomic E-state index is 12.0. The summed E-state index contributed by atoms with van der Waals surface area (Å²) < 4.78 is 5.46. The SMILES string of the molecule is NC(=S)C1CN(CC(=O)NC2CCCCC2)CCO1. The highest BCUT2D eigenvalue weighted by atomic mass is 32.1. The van der Waals surface area contributed by atoms with Crippen LogP contribution >= 0.6 is 12.2 Å². The van der Waals surface area contributed by atoms with Gasteiger partial charge in [0.2, 0.25) is 5.91 Å². The van der Waals surface area contributed by atoms with Crippen LogP contribution in [0.5, 0.6) is 0 Å². The van der Waals surface area contributed by atoms with E-state index >= 15 is 0 Å². The van der Waals surface area contributed by atoms with Crippen molar-refractivity contribution in [3.63, 3.8) is 0 Å². The lowest BCUT2D eigenvalue weighted by molar-refractivity contribution is -0.124. The number of hydrogen-bond acceptors (Lipinski definition) is 4. The number of rotatable bonds is 4. The van der Waals surface area contributed by atoms with Crippen molar-refractivity contribution in [1.29, 1.82) is 0 Å². The number of carbonyl (C=O) groups excluding carboxylic acids is 1. The topological polar surface area (TPSA) is 67.6 Å². The van der Waals surface area contributed by atoms with E-state index in [-0.39, 0.29) is 12.0 Å². The van der Waals surface area contributed by atoms with E-state index in [4.69, 9.17) is 22.7 Å². The molecule has 1 atom stereocenters. The summed E-state index contributed by atoms with van der Waals surface area (Å²) in [4.78, 5) is 14.4. The zero-order valence-electron chi connectivity index (χ0n) is 11.3. The predicted octanol–water partition coefficient (Wildman–Crippen LogP) is 0.422. The Bertz CT molecular complexity index is 332. The van der Waals surface area contributed by atoms with Crippen molar-refractivity contribution in [3.8, 4) is 0 Å². The number of nitrogens with zero attached hydrogens (tertiary/aromatic N) is 1. The van der Waals surface area contributed by atoms with Gasteiger partial charge in [0.15, 0.2) is 0 Å². The average molecular weight is 285 g/mol. The molecule has 1 amide bonds. The molecule has 1 heterocycles. The molecule has 1 unspecified atom stereocenters. The van der Waals surface area contributed by atoms with Gasteiger partial charge in [0.25, 0.3) is 0 Å². The molecule has 0 aromatic heterocycles. The fourth-order valence-electron chi connectivity index (χ4n) is 2.74. The first kappa shape index (κ1) is 14.7. The van der Waals surface area contributed by atoms with Crippen molar-refractivity contribution < 1.29 is 9.53 Å². The molecule has 1 saturated heterocycles. The first-order chi connectivity index (χ1) is 9.15. The van der Waals surface area contributed by atoms with Crippen molar-refractivity contribution >= 4 is 23.1 Å². The summed E-state index contributed by atoms with van der Waals surface area (Å²) in [5.41, 5.74) is 5.59. The molecule has 2 fully saturated rings. The standard InChI is InChI=1S/C13H23N3O2S/c14-13(19)11-8-16(6-7-18-11)9-12(17)15-10-4-2-1-3-5-10/h10-11H,1-9H2,(H2,14,19)(H,15,17). The molecule has 1 aliphatic carbocycles. The number of amides is 1. The number of carbonyl (C=O) groups is 1. The summed E-state index contributed by atoms with van der Waals surface area (Å²) in [6.45, 7) is 2.38. The lowest BCUT2D eigenvalue weighted by Gasteiger charge is -2.32. The molecule has 3 N–H and O–H groups in total. The van der Waals surface area contributed by atoms with E-state index in [0.29, 0.717) is 30.7 Å². The molecular formula is C13H23N3O2S. The average Bonchev–Trinajstić information content (AvgIpc) is 2.40. The van der Waals surface area contributed by atoms with Crippen molar-refractivity contribution in [2.24, 2.45) is 5.73 Å². The van der Waals surface area contributed by atoms with Gasteiger partial charge < -0.3 is 15.8 Å². The van der Waals surface area contributed by atoms with Crippen LogP contribution in [0.4, 0.5) is 0 Å². The number of hydrogen-bond donors (Lipinski definition) is 2. The summed E-state index contributed by atoms with van der Waals surface area (Å²) in [5.74, 6) is 0.107. The predicted molar refractivity (Wildman–Crippen MR) is 78.0 cm³/mol. The van der Waals surface area contributed by atoms with Gasteiger partial charge >= 0.3 is 0 Å². The van der Waals surface area contributed by atoms with E-state index in [1.807, 2.05) is 0 Å². The molecule has 0 aromatic rings. The Kier molecular flexibility index (Phi) is 5.54. The Morgan fingerprint density at radius 2 is 2.11 bits per heavy atom. The highest BCUT2D eigenvalue weighted by Gasteiger charge is 2.24. The zero-order valence-corrected chi connectivity index (χ0v) is 12.1.